The smallest absolute Gasteiger partial charge is 0.149 e. The SMILES string of the molecule is CNCc1nnc(-c2cccc(C)c2Cl)s1. The molecule has 1 N–H and O–H groups in total. The third kappa shape index (κ3) is 2.24. The Kier molecular flexibility index (Phi) is 3.53. The van der Waals surface area contributed by atoms with Crippen LogP contribution in [-0.4, -0.2) is 17.2 Å². The number of nitrogens with one attached hydrogen (secondary N) is 1. The average molecular weight is 254 g/mol. The Morgan fingerprint density at radius 2 is 2.19 bits per heavy atom. The molecule has 0 saturated heterocycles. The van der Waals surface area contributed by atoms with E-state index < -0.39 is 0 Å². The molecule has 1 aromatic heterocycles. The zero-order valence-corrected chi connectivity index (χ0v) is 10.7. The molecular weight excluding hydrogens is 242 g/mol. The predicted octanol–water partition coefficient (Wildman–Crippen LogP) is 2.89. The van der Waals surface area contributed by atoms with Crippen molar-refractivity contribution >= 4 is 22.9 Å². The lowest BCUT2D eigenvalue weighted by atomic mass is 10.1. The topological polar surface area (TPSA) is 37.8 Å². The highest BCUT2D eigenvalue weighted by Gasteiger charge is 2.10. The second-order valence-electron chi connectivity index (χ2n) is 3.47. The minimum Gasteiger partial charge on any atom is -0.313 e. The Hall–Kier alpha value is -0.970. The lowest BCUT2D eigenvalue weighted by molar-refractivity contribution is 0.795. The summed E-state index contributed by atoms with van der Waals surface area (Å²) < 4.78 is 0. The summed E-state index contributed by atoms with van der Waals surface area (Å²) in [6.45, 7) is 2.72. The average Bonchev–Trinajstić information content (AvgIpc) is 2.71. The third-order valence-corrected chi connectivity index (χ3v) is 3.68. The van der Waals surface area contributed by atoms with Crippen LogP contribution in [0.5, 0.6) is 0 Å². The van der Waals surface area contributed by atoms with Gasteiger partial charge in [0.25, 0.3) is 0 Å². The van der Waals surface area contributed by atoms with Crippen molar-refractivity contribution in [1.29, 1.82) is 0 Å². The molecule has 0 aliphatic heterocycles. The van der Waals surface area contributed by atoms with E-state index in [0.717, 1.165) is 32.7 Å². The molecule has 3 nitrogen and oxygen atoms in total. The van der Waals surface area contributed by atoms with Crippen LogP contribution in [0.3, 0.4) is 0 Å². The zero-order valence-electron chi connectivity index (χ0n) is 9.12. The van der Waals surface area contributed by atoms with Gasteiger partial charge in [0.15, 0.2) is 0 Å². The van der Waals surface area contributed by atoms with Gasteiger partial charge in [-0.15, -0.1) is 10.2 Å². The van der Waals surface area contributed by atoms with Gasteiger partial charge in [0.1, 0.15) is 10.0 Å². The molecule has 0 bridgehead atoms. The molecule has 84 valence electrons. The molecular formula is C11H12ClN3S. The minimum absolute atomic E-state index is 0.737. The first-order chi connectivity index (χ1) is 7.72. The first kappa shape index (κ1) is 11.5. The second-order valence-corrected chi connectivity index (χ2v) is 4.91. The summed E-state index contributed by atoms with van der Waals surface area (Å²) >= 11 is 7.80. The largest absolute Gasteiger partial charge is 0.313 e. The van der Waals surface area contributed by atoms with Gasteiger partial charge in [-0.1, -0.05) is 41.1 Å². The van der Waals surface area contributed by atoms with Gasteiger partial charge in [-0.25, -0.2) is 0 Å². The Bertz CT molecular complexity index is 496. The van der Waals surface area contributed by atoms with Gasteiger partial charge in [-0.3, -0.25) is 0 Å². The van der Waals surface area contributed by atoms with Crippen LogP contribution in [0.2, 0.25) is 5.02 Å². The highest BCUT2D eigenvalue weighted by Crippen LogP contribution is 2.32. The lowest BCUT2D eigenvalue weighted by Gasteiger charge is -2.01. The van der Waals surface area contributed by atoms with Crippen LogP contribution in [0.25, 0.3) is 10.6 Å². The summed E-state index contributed by atoms with van der Waals surface area (Å²) in [5.74, 6) is 0. The van der Waals surface area contributed by atoms with E-state index in [4.69, 9.17) is 11.6 Å². The molecule has 0 atom stereocenters. The number of aryl methyl sites for hydroxylation is 1. The molecule has 0 amide bonds. The lowest BCUT2D eigenvalue weighted by Crippen LogP contribution is -2.04. The van der Waals surface area contributed by atoms with E-state index in [9.17, 15) is 0 Å². The van der Waals surface area contributed by atoms with Crippen molar-refractivity contribution < 1.29 is 0 Å². The number of halogens is 1. The molecule has 0 aliphatic carbocycles. The number of aromatic nitrogens is 2. The normalized spacial score (nSPS) is 10.7. The summed E-state index contributed by atoms with van der Waals surface area (Å²) in [5, 5.41) is 13.9. The van der Waals surface area contributed by atoms with Crippen molar-refractivity contribution in [2.45, 2.75) is 13.5 Å². The van der Waals surface area contributed by atoms with Crippen LogP contribution < -0.4 is 5.32 Å². The van der Waals surface area contributed by atoms with Crippen LogP contribution in [-0.2, 0) is 6.54 Å². The van der Waals surface area contributed by atoms with Crippen molar-refractivity contribution in [3.63, 3.8) is 0 Å². The molecule has 5 heteroatoms. The maximum absolute atomic E-state index is 6.24. The zero-order chi connectivity index (χ0) is 11.5. The maximum Gasteiger partial charge on any atom is 0.149 e. The quantitative estimate of drug-likeness (QED) is 0.914. The predicted molar refractivity (Wildman–Crippen MR) is 67.9 cm³/mol. The number of rotatable bonds is 3. The molecule has 2 aromatic rings. The van der Waals surface area contributed by atoms with Crippen LogP contribution in [0.4, 0.5) is 0 Å². The fourth-order valence-corrected chi connectivity index (χ4v) is 2.55. The van der Waals surface area contributed by atoms with Gasteiger partial charge >= 0.3 is 0 Å². The van der Waals surface area contributed by atoms with Crippen LogP contribution in [0.1, 0.15) is 10.6 Å². The molecule has 1 heterocycles. The monoisotopic (exact) mass is 253 g/mol. The molecule has 0 fully saturated rings. The summed E-state index contributed by atoms with van der Waals surface area (Å²) in [5.41, 5.74) is 2.02. The maximum atomic E-state index is 6.24. The van der Waals surface area contributed by atoms with Gasteiger partial charge in [0.05, 0.1) is 5.02 Å². The Labute approximate surface area is 103 Å². The Balaban J connectivity index is 2.39. The van der Waals surface area contributed by atoms with Crippen molar-refractivity contribution in [2.75, 3.05) is 7.05 Å². The van der Waals surface area contributed by atoms with E-state index in [1.807, 2.05) is 32.2 Å². The summed E-state index contributed by atoms with van der Waals surface area (Å²) in [6, 6.07) is 5.94. The van der Waals surface area contributed by atoms with Crippen molar-refractivity contribution in [3.8, 4) is 10.6 Å². The van der Waals surface area contributed by atoms with Gasteiger partial charge in [0, 0.05) is 12.1 Å². The fourth-order valence-electron chi connectivity index (χ4n) is 1.40. The van der Waals surface area contributed by atoms with E-state index in [1.54, 1.807) is 11.3 Å². The minimum atomic E-state index is 0.737. The Morgan fingerprint density at radius 3 is 2.94 bits per heavy atom. The van der Waals surface area contributed by atoms with E-state index in [2.05, 4.69) is 15.5 Å². The second kappa shape index (κ2) is 4.91. The highest BCUT2D eigenvalue weighted by atomic mass is 35.5. The number of benzene rings is 1. The first-order valence-electron chi connectivity index (χ1n) is 4.95. The molecule has 16 heavy (non-hydrogen) atoms. The summed E-state index contributed by atoms with van der Waals surface area (Å²) in [7, 11) is 1.89. The first-order valence-corrected chi connectivity index (χ1v) is 6.14. The van der Waals surface area contributed by atoms with Crippen molar-refractivity contribution in [2.24, 2.45) is 0 Å². The van der Waals surface area contributed by atoms with Crippen molar-refractivity contribution in [1.82, 2.24) is 15.5 Å². The van der Waals surface area contributed by atoms with Gasteiger partial charge in [-0.05, 0) is 19.5 Å². The number of nitrogens with zero attached hydrogens (tertiary/aromatic N) is 2. The van der Waals surface area contributed by atoms with Crippen molar-refractivity contribution in [3.05, 3.63) is 33.8 Å². The van der Waals surface area contributed by atoms with E-state index in [0.29, 0.717) is 0 Å². The molecule has 0 radical (unpaired) electrons. The van der Waals surface area contributed by atoms with Gasteiger partial charge in [0.2, 0.25) is 0 Å². The van der Waals surface area contributed by atoms with Crippen LogP contribution >= 0.6 is 22.9 Å². The van der Waals surface area contributed by atoms with Gasteiger partial charge in [-0.2, -0.15) is 0 Å². The molecule has 0 spiro atoms. The standard InChI is InChI=1S/C11H12ClN3S/c1-7-4-3-5-8(10(7)12)11-15-14-9(16-11)6-13-2/h3-5,13H,6H2,1-2H3. The molecule has 2 rings (SSSR count). The van der Waals surface area contributed by atoms with Crippen LogP contribution in [0.15, 0.2) is 18.2 Å². The molecule has 0 saturated carbocycles. The molecule has 1 aromatic carbocycles. The highest BCUT2D eigenvalue weighted by molar-refractivity contribution is 7.14. The summed E-state index contributed by atoms with van der Waals surface area (Å²) in [4.78, 5) is 0. The van der Waals surface area contributed by atoms with E-state index >= 15 is 0 Å². The van der Waals surface area contributed by atoms with E-state index in [-0.39, 0.29) is 0 Å². The molecule has 0 aliphatic rings. The summed E-state index contributed by atoms with van der Waals surface area (Å²) in [6.07, 6.45) is 0. The number of hydrogen-bond donors (Lipinski definition) is 1. The van der Waals surface area contributed by atoms with E-state index in [1.165, 1.54) is 0 Å². The fraction of sp³-hybridized carbons (Fsp3) is 0.273. The third-order valence-electron chi connectivity index (χ3n) is 2.22. The van der Waals surface area contributed by atoms with Crippen LogP contribution in [0, 0.1) is 6.92 Å². The Morgan fingerprint density at radius 1 is 1.38 bits per heavy atom. The van der Waals surface area contributed by atoms with Gasteiger partial charge < -0.3 is 5.32 Å². The number of hydrogen-bond acceptors (Lipinski definition) is 4. The molecule has 0 unspecified atom stereocenters.